The molecule has 0 radical (unpaired) electrons. The lowest BCUT2D eigenvalue weighted by Gasteiger charge is -2.26. The number of hydrogen-bond donors (Lipinski definition) is 1. The van der Waals surface area contributed by atoms with Gasteiger partial charge in [-0.15, -0.1) is 6.42 Å². The summed E-state index contributed by atoms with van der Waals surface area (Å²) in [6.45, 7) is 1.67. The number of nitrogens with one attached hydrogen (secondary N) is 1. The number of ether oxygens (including phenoxy) is 1. The summed E-state index contributed by atoms with van der Waals surface area (Å²) in [7, 11) is -3.74. The van der Waals surface area contributed by atoms with E-state index in [9.17, 15) is 17.6 Å². The SMILES string of the molecule is C#CCN(CC(=O)Nc1cc(S(=O)(=O)N2CCOCC2)ccc1Cl)Cc1ccc(F)cc1. The molecule has 3 rings (SSSR count). The second-order valence-electron chi connectivity index (χ2n) is 7.18. The maximum absolute atomic E-state index is 13.1. The Labute approximate surface area is 192 Å². The van der Waals surface area contributed by atoms with E-state index in [0.717, 1.165) is 5.56 Å². The average molecular weight is 480 g/mol. The highest BCUT2D eigenvalue weighted by Gasteiger charge is 2.27. The van der Waals surface area contributed by atoms with Crippen LogP contribution in [-0.2, 0) is 26.1 Å². The third-order valence-corrected chi connectivity index (χ3v) is 7.05. The third kappa shape index (κ3) is 6.28. The summed E-state index contributed by atoms with van der Waals surface area (Å²) in [6.07, 6.45) is 5.41. The lowest BCUT2D eigenvalue weighted by Crippen LogP contribution is -2.40. The molecule has 0 atom stereocenters. The molecule has 170 valence electrons. The molecule has 0 unspecified atom stereocenters. The molecule has 32 heavy (non-hydrogen) atoms. The number of sulfonamides is 1. The lowest BCUT2D eigenvalue weighted by atomic mass is 10.2. The van der Waals surface area contributed by atoms with Crippen molar-refractivity contribution in [3.8, 4) is 12.3 Å². The standard InChI is InChI=1S/C22H23ClFN3O4S/c1-2-9-26(15-17-3-5-18(24)6-4-17)16-22(28)25-21-14-19(7-8-20(21)23)32(29,30)27-10-12-31-13-11-27/h1,3-8,14H,9-13,15-16H2,(H,25,28). The molecular formula is C22H23ClFN3O4S. The zero-order chi connectivity index (χ0) is 23.1. The van der Waals surface area contributed by atoms with Crippen LogP contribution in [-0.4, -0.2) is 62.9 Å². The van der Waals surface area contributed by atoms with Crippen LogP contribution in [0.4, 0.5) is 10.1 Å². The van der Waals surface area contributed by atoms with Crippen molar-refractivity contribution in [2.75, 3.05) is 44.7 Å². The topological polar surface area (TPSA) is 79.0 Å². The van der Waals surface area contributed by atoms with Gasteiger partial charge in [0.05, 0.1) is 41.9 Å². The van der Waals surface area contributed by atoms with E-state index in [1.165, 1.54) is 34.6 Å². The molecule has 1 N–H and O–H groups in total. The number of hydrogen-bond acceptors (Lipinski definition) is 5. The van der Waals surface area contributed by atoms with Gasteiger partial charge in [-0.2, -0.15) is 4.31 Å². The van der Waals surface area contributed by atoms with Crippen molar-refractivity contribution in [2.24, 2.45) is 0 Å². The number of carbonyl (C=O) groups excluding carboxylic acids is 1. The van der Waals surface area contributed by atoms with Gasteiger partial charge in [0.25, 0.3) is 0 Å². The van der Waals surface area contributed by atoms with Crippen molar-refractivity contribution in [1.29, 1.82) is 0 Å². The highest BCUT2D eigenvalue weighted by molar-refractivity contribution is 7.89. The fourth-order valence-corrected chi connectivity index (χ4v) is 4.83. The van der Waals surface area contributed by atoms with E-state index in [1.54, 1.807) is 17.0 Å². The predicted molar refractivity (Wildman–Crippen MR) is 120 cm³/mol. The summed E-state index contributed by atoms with van der Waals surface area (Å²) >= 11 is 6.19. The molecule has 0 aromatic heterocycles. The minimum absolute atomic E-state index is 0.0332. The number of halogens is 2. The zero-order valence-electron chi connectivity index (χ0n) is 17.3. The zero-order valence-corrected chi connectivity index (χ0v) is 18.8. The van der Waals surface area contributed by atoms with Crippen LogP contribution in [0.25, 0.3) is 0 Å². The van der Waals surface area contributed by atoms with Gasteiger partial charge in [0.15, 0.2) is 0 Å². The molecule has 1 aliphatic rings. The van der Waals surface area contributed by atoms with Crippen molar-refractivity contribution in [2.45, 2.75) is 11.4 Å². The van der Waals surface area contributed by atoms with Crippen LogP contribution in [0.5, 0.6) is 0 Å². The molecule has 10 heteroatoms. The first-order chi connectivity index (χ1) is 15.3. The largest absolute Gasteiger partial charge is 0.379 e. The number of nitrogens with zero attached hydrogens (tertiary/aromatic N) is 2. The Morgan fingerprint density at radius 3 is 2.56 bits per heavy atom. The molecule has 2 aromatic rings. The Hall–Kier alpha value is -2.48. The Balaban J connectivity index is 1.71. The number of terminal acetylenes is 1. The number of amides is 1. The van der Waals surface area contributed by atoms with Gasteiger partial charge in [0.2, 0.25) is 15.9 Å². The fourth-order valence-electron chi connectivity index (χ4n) is 3.23. The Bertz CT molecular complexity index is 1100. The van der Waals surface area contributed by atoms with E-state index < -0.39 is 15.9 Å². The molecule has 0 aliphatic carbocycles. The summed E-state index contributed by atoms with van der Waals surface area (Å²) in [5, 5.41) is 2.87. The number of morpholine rings is 1. The quantitative estimate of drug-likeness (QED) is 0.589. The molecule has 1 heterocycles. The van der Waals surface area contributed by atoms with Gasteiger partial charge < -0.3 is 10.1 Å². The first-order valence-electron chi connectivity index (χ1n) is 9.87. The molecule has 1 saturated heterocycles. The van der Waals surface area contributed by atoms with Crippen molar-refractivity contribution >= 4 is 33.2 Å². The maximum Gasteiger partial charge on any atom is 0.243 e. The second kappa shape index (κ2) is 10.9. The summed E-state index contributed by atoms with van der Waals surface area (Å²) in [6, 6.07) is 10.1. The van der Waals surface area contributed by atoms with Gasteiger partial charge in [0, 0.05) is 19.6 Å². The molecule has 7 nitrogen and oxygen atoms in total. The number of benzene rings is 2. The molecule has 0 saturated carbocycles. The Morgan fingerprint density at radius 1 is 1.22 bits per heavy atom. The minimum Gasteiger partial charge on any atom is -0.379 e. The Morgan fingerprint density at radius 2 is 1.91 bits per heavy atom. The highest BCUT2D eigenvalue weighted by Crippen LogP contribution is 2.27. The van der Waals surface area contributed by atoms with Crippen LogP contribution in [0.3, 0.4) is 0 Å². The number of anilines is 1. The molecule has 1 amide bonds. The van der Waals surface area contributed by atoms with Crippen LogP contribution < -0.4 is 5.32 Å². The van der Waals surface area contributed by atoms with E-state index in [-0.39, 0.29) is 47.6 Å². The van der Waals surface area contributed by atoms with Gasteiger partial charge >= 0.3 is 0 Å². The summed E-state index contributed by atoms with van der Waals surface area (Å²) in [5.74, 6) is 1.73. The molecule has 1 fully saturated rings. The van der Waals surface area contributed by atoms with Crippen LogP contribution in [0.2, 0.25) is 5.02 Å². The normalized spacial score (nSPS) is 14.8. The number of rotatable bonds is 8. The van der Waals surface area contributed by atoms with Crippen LogP contribution in [0.1, 0.15) is 5.56 Å². The number of carbonyl (C=O) groups is 1. The third-order valence-electron chi connectivity index (χ3n) is 4.82. The molecule has 2 aromatic carbocycles. The summed E-state index contributed by atoms with van der Waals surface area (Å²) in [5.41, 5.74) is 0.986. The molecular weight excluding hydrogens is 457 g/mol. The summed E-state index contributed by atoms with van der Waals surface area (Å²) < 4.78 is 45.4. The predicted octanol–water partition coefficient (Wildman–Crippen LogP) is 2.57. The lowest BCUT2D eigenvalue weighted by molar-refractivity contribution is -0.117. The minimum atomic E-state index is -3.74. The highest BCUT2D eigenvalue weighted by atomic mass is 35.5. The van der Waals surface area contributed by atoms with Gasteiger partial charge in [-0.3, -0.25) is 9.69 Å². The van der Waals surface area contributed by atoms with Crippen molar-refractivity contribution in [3.63, 3.8) is 0 Å². The van der Waals surface area contributed by atoms with Crippen LogP contribution in [0.15, 0.2) is 47.4 Å². The van der Waals surface area contributed by atoms with E-state index in [2.05, 4.69) is 11.2 Å². The monoisotopic (exact) mass is 479 g/mol. The average Bonchev–Trinajstić information content (AvgIpc) is 2.77. The Kier molecular flexibility index (Phi) is 8.23. The van der Waals surface area contributed by atoms with Gasteiger partial charge in [-0.1, -0.05) is 29.7 Å². The molecule has 1 aliphatic heterocycles. The second-order valence-corrected chi connectivity index (χ2v) is 9.53. The summed E-state index contributed by atoms with van der Waals surface area (Å²) in [4.78, 5) is 14.4. The fraction of sp³-hybridized carbons (Fsp3) is 0.318. The van der Waals surface area contributed by atoms with Crippen LogP contribution in [0, 0.1) is 18.2 Å². The smallest absolute Gasteiger partial charge is 0.243 e. The van der Waals surface area contributed by atoms with Gasteiger partial charge in [0.1, 0.15) is 5.82 Å². The first kappa shape index (κ1) is 24.2. The van der Waals surface area contributed by atoms with Crippen LogP contribution >= 0.6 is 11.6 Å². The van der Waals surface area contributed by atoms with E-state index in [1.807, 2.05) is 0 Å². The molecule has 0 spiro atoms. The van der Waals surface area contributed by atoms with Crippen molar-refractivity contribution < 1.29 is 22.3 Å². The van der Waals surface area contributed by atoms with E-state index >= 15 is 0 Å². The van der Waals surface area contributed by atoms with Crippen molar-refractivity contribution in [3.05, 3.63) is 58.9 Å². The van der Waals surface area contributed by atoms with E-state index in [4.69, 9.17) is 22.8 Å². The maximum atomic E-state index is 13.1. The van der Waals surface area contributed by atoms with Gasteiger partial charge in [-0.25, -0.2) is 12.8 Å². The van der Waals surface area contributed by atoms with E-state index in [0.29, 0.717) is 19.8 Å². The molecule has 0 bridgehead atoms. The van der Waals surface area contributed by atoms with Gasteiger partial charge in [-0.05, 0) is 35.9 Å². The van der Waals surface area contributed by atoms with Crippen molar-refractivity contribution in [1.82, 2.24) is 9.21 Å². The first-order valence-corrected chi connectivity index (χ1v) is 11.7.